The van der Waals surface area contributed by atoms with Crippen LogP contribution >= 0.6 is 0 Å². The Morgan fingerprint density at radius 2 is 1.68 bits per heavy atom. The number of hydrogen-bond acceptors (Lipinski definition) is 9. The molecule has 6 heterocycles. The lowest BCUT2D eigenvalue weighted by atomic mass is 9.56. The first-order valence-corrected chi connectivity index (χ1v) is 19.3. The number of cyclic esters (lactones) is 1. The van der Waals surface area contributed by atoms with Gasteiger partial charge in [-0.25, -0.2) is 4.79 Å². The van der Waals surface area contributed by atoms with Crippen LogP contribution in [0.25, 0.3) is 0 Å². The number of hydrogen-bond donors (Lipinski definition) is 3. The Morgan fingerprint density at radius 3 is 2.44 bits per heavy atom. The Hall–Kier alpha value is -2.14. The van der Waals surface area contributed by atoms with E-state index in [1.165, 1.54) is 0 Å². The summed E-state index contributed by atoms with van der Waals surface area (Å²) in [5.41, 5.74) is 5.14. The van der Waals surface area contributed by atoms with Gasteiger partial charge in [0.2, 0.25) is 0 Å². The summed E-state index contributed by atoms with van der Waals surface area (Å²) in [4.78, 5) is 17.8. The van der Waals surface area contributed by atoms with E-state index in [-0.39, 0.29) is 24.1 Å². The third-order valence-electron chi connectivity index (χ3n) is 13.5. The molecule has 3 saturated heterocycles. The van der Waals surface area contributed by atoms with Crippen LogP contribution in [0.5, 0.6) is 0 Å². The molecule has 9 heteroatoms. The SMILES string of the molecule is C=C1CCC(O)C2=NC[C@H](C)[C@@H](C)C[C@@]23CCC([C@@H]2C=C(C)C(=O)O2)=C(C)[C@@H]3/C=C(\C)[C@@H](O)C[C@@H]2CC[C@@]3(CC[C@@]4(O[C@@H](CC[C@H]4O)C1)O3)O2. The number of carbonyl (C=O) groups excluding carboxylic acids is 1. The maximum Gasteiger partial charge on any atom is 0.334 e. The standard InChI is InChI=1S/C41H59NO8/c1-23-7-9-33(43)37-39(21-26(4)27(5)22-42-37)13-12-31(35-19-25(3)38(46)47-35)28(6)32(39)18-24(2)34(44)20-30-11-14-40(48-30)15-16-41(50-40)36(45)10-8-29(17-23)49-41/h18-19,26-27,29-30,32-36,43-45H,1,7-17,20-22H2,2-6H3/b24-18+/t26-,27-,29-,30-,32-,33?,34-,35-,36+,39+,40+,41+/m0/s1. The fourth-order valence-electron chi connectivity index (χ4n) is 10.3. The molecule has 7 rings (SSSR count). The van der Waals surface area contributed by atoms with E-state index in [4.69, 9.17) is 23.9 Å². The fourth-order valence-corrected chi connectivity index (χ4v) is 10.3. The highest BCUT2D eigenvalue weighted by atomic mass is 16.8. The molecular formula is C41H59NO8. The molecule has 276 valence electrons. The zero-order chi connectivity index (χ0) is 35.6. The van der Waals surface area contributed by atoms with Gasteiger partial charge in [-0.1, -0.05) is 37.6 Å². The number of allylic oxidation sites excluding steroid dienone is 2. The van der Waals surface area contributed by atoms with Crippen molar-refractivity contribution in [3.8, 4) is 0 Å². The number of ether oxygens (including phenoxy) is 4. The van der Waals surface area contributed by atoms with Crippen molar-refractivity contribution >= 4 is 11.7 Å². The minimum Gasteiger partial charge on any atom is -0.450 e. The van der Waals surface area contributed by atoms with Crippen LogP contribution < -0.4 is 0 Å². The highest BCUT2D eigenvalue weighted by Crippen LogP contribution is 2.55. The van der Waals surface area contributed by atoms with E-state index in [1.54, 1.807) is 6.92 Å². The van der Waals surface area contributed by atoms with Gasteiger partial charge in [0.25, 0.3) is 0 Å². The lowest BCUT2D eigenvalue weighted by molar-refractivity contribution is -0.363. The van der Waals surface area contributed by atoms with Crippen molar-refractivity contribution in [3.05, 3.63) is 46.6 Å². The van der Waals surface area contributed by atoms with Crippen molar-refractivity contribution in [2.24, 2.45) is 28.2 Å². The quantitative estimate of drug-likeness (QED) is 0.213. The van der Waals surface area contributed by atoms with Gasteiger partial charge >= 0.3 is 5.97 Å². The molecule has 7 aliphatic rings. The number of esters is 1. The van der Waals surface area contributed by atoms with Crippen LogP contribution in [-0.2, 0) is 23.7 Å². The van der Waals surface area contributed by atoms with Crippen LogP contribution in [0.1, 0.15) is 118 Å². The van der Waals surface area contributed by atoms with Crippen LogP contribution in [0, 0.1) is 23.2 Å². The first-order valence-electron chi connectivity index (χ1n) is 19.3. The third-order valence-corrected chi connectivity index (χ3v) is 13.5. The van der Waals surface area contributed by atoms with E-state index in [2.05, 4.69) is 33.4 Å². The minimum atomic E-state index is -1.09. The molecule has 1 unspecified atom stereocenters. The van der Waals surface area contributed by atoms with Crippen LogP contribution in [0.2, 0.25) is 0 Å². The Bertz CT molecular complexity index is 1500. The van der Waals surface area contributed by atoms with Crippen molar-refractivity contribution < 1.29 is 39.1 Å². The van der Waals surface area contributed by atoms with Gasteiger partial charge in [0, 0.05) is 54.8 Å². The van der Waals surface area contributed by atoms with Crippen molar-refractivity contribution in [2.45, 2.75) is 166 Å². The second kappa shape index (κ2) is 13.7. The minimum absolute atomic E-state index is 0.134. The first-order chi connectivity index (χ1) is 23.7. The number of rotatable bonds is 1. The molecular weight excluding hydrogens is 634 g/mol. The van der Waals surface area contributed by atoms with Crippen molar-refractivity contribution in [1.82, 2.24) is 0 Å². The number of nitrogens with zero attached hydrogens (tertiary/aromatic N) is 1. The fraction of sp³-hybridized carbons (Fsp3) is 0.756. The predicted octanol–water partition coefficient (Wildman–Crippen LogP) is 6.41. The third kappa shape index (κ3) is 6.53. The summed E-state index contributed by atoms with van der Waals surface area (Å²) in [6, 6.07) is 0. The molecule has 0 aromatic carbocycles. The number of carbonyl (C=O) groups is 1. The zero-order valence-electron chi connectivity index (χ0n) is 30.8. The Morgan fingerprint density at radius 1 is 0.880 bits per heavy atom. The largest absolute Gasteiger partial charge is 0.450 e. The Labute approximate surface area is 297 Å². The highest BCUT2D eigenvalue weighted by molar-refractivity contribution is 5.95. The van der Waals surface area contributed by atoms with E-state index >= 15 is 0 Å². The monoisotopic (exact) mass is 693 g/mol. The van der Waals surface area contributed by atoms with E-state index in [9.17, 15) is 20.1 Å². The molecule has 0 radical (unpaired) electrons. The summed E-state index contributed by atoms with van der Waals surface area (Å²) < 4.78 is 25.7. The molecule has 0 aromatic heterocycles. The maximum absolute atomic E-state index is 12.5. The van der Waals surface area contributed by atoms with Crippen LogP contribution in [0.4, 0.5) is 0 Å². The molecule has 0 aromatic rings. The van der Waals surface area contributed by atoms with Crippen LogP contribution in [-0.4, -0.2) is 81.7 Å². The van der Waals surface area contributed by atoms with Gasteiger partial charge < -0.3 is 34.3 Å². The van der Waals surface area contributed by atoms with E-state index in [0.717, 1.165) is 53.7 Å². The summed E-state index contributed by atoms with van der Waals surface area (Å²) in [6.45, 7) is 15.6. The second-order valence-corrected chi connectivity index (χ2v) is 17.0. The number of aliphatic hydroxyl groups is 3. The predicted molar refractivity (Wildman–Crippen MR) is 190 cm³/mol. The van der Waals surface area contributed by atoms with Gasteiger partial charge in [-0.05, 0) is 108 Å². The molecule has 9 nitrogen and oxygen atoms in total. The topological polar surface area (TPSA) is 127 Å². The summed E-state index contributed by atoms with van der Waals surface area (Å²) >= 11 is 0. The van der Waals surface area contributed by atoms with Crippen LogP contribution in [0.15, 0.2) is 51.6 Å². The lowest BCUT2D eigenvalue weighted by Gasteiger charge is -2.48. The zero-order valence-corrected chi connectivity index (χ0v) is 30.8. The number of aliphatic imine (C=N–C) groups is 1. The van der Waals surface area contributed by atoms with Gasteiger partial charge in [0.05, 0.1) is 24.4 Å². The van der Waals surface area contributed by atoms with Crippen molar-refractivity contribution in [1.29, 1.82) is 0 Å². The summed E-state index contributed by atoms with van der Waals surface area (Å²) in [6.07, 6.45) is 9.74. The summed E-state index contributed by atoms with van der Waals surface area (Å²) in [5.74, 6) is -1.61. The van der Waals surface area contributed by atoms with Gasteiger partial charge in [-0.2, -0.15) is 0 Å². The molecule has 3 spiro atoms. The normalized spacial score (nSPS) is 47.0. The van der Waals surface area contributed by atoms with Gasteiger partial charge in [-0.3, -0.25) is 4.99 Å². The highest BCUT2D eigenvalue weighted by Gasteiger charge is 2.59. The summed E-state index contributed by atoms with van der Waals surface area (Å²) in [7, 11) is 0. The van der Waals surface area contributed by atoms with Crippen LogP contribution in [0.3, 0.4) is 0 Å². The number of aliphatic hydroxyl groups excluding tert-OH is 3. The second-order valence-electron chi connectivity index (χ2n) is 17.0. The smallest absolute Gasteiger partial charge is 0.334 e. The number of fused-ring (bicyclic) bond motifs is 2. The average molecular weight is 694 g/mol. The molecule has 3 N–H and O–H groups in total. The molecule has 0 amide bonds. The Balaban J connectivity index is 1.28. The van der Waals surface area contributed by atoms with Gasteiger partial charge in [0.1, 0.15) is 12.2 Å². The van der Waals surface area contributed by atoms with Gasteiger partial charge in [-0.15, -0.1) is 0 Å². The molecule has 1 aliphatic carbocycles. The maximum atomic E-state index is 12.5. The first kappa shape index (κ1) is 36.2. The Kier molecular flexibility index (Phi) is 9.92. The molecule has 3 fully saturated rings. The van der Waals surface area contributed by atoms with Crippen molar-refractivity contribution in [2.75, 3.05) is 6.54 Å². The molecule has 6 aliphatic heterocycles. The molecule has 12 atom stereocenters. The van der Waals surface area contributed by atoms with Crippen molar-refractivity contribution in [3.63, 3.8) is 0 Å². The lowest BCUT2D eigenvalue weighted by Crippen LogP contribution is -2.52. The van der Waals surface area contributed by atoms with E-state index in [1.807, 2.05) is 13.0 Å². The molecule has 4 bridgehead atoms. The summed E-state index contributed by atoms with van der Waals surface area (Å²) in [5, 5.41) is 35.1. The molecule has 50 heavy (non-hydrogen) atoms. The van der Waals surface area contributed by atoms with E-state index < -0.39 is 41.4 Å². The van der Waals surface area contributed by atoms with E-state index in [0.29, 0.717) is 81.7 Å². The average Bonchev–Trinajstić information content (AvgIpc) is 3.72. The molecule has 0 saturated carbocycles. The van der Waals surface area contributed by atoms with Gasteiger partial charge in [0.15, 0.2) is 11.6 Å².